The molecule has 0 atom stereocenters. The van der Waals surface area contributed by atoms with Crippen molar-refractivity contribution in [2.45, 2.75) is 103 Å². The van der Waals surface area contributed by atoms with Crippen LogP contribution in [0.25, 0.3) is 11.0 Å². The van der Waals surface area contributed by atoms with Gasteiger partial charge < -0.3 is 14.2 Å². The van der Waals surface area contributed by atoms with E-state index in [9.17, 15) is 9.59 Å². The Kier molecular flexibility index (Phi) is 8.28. The molecule has 186 valence electrons. The van der Waals surface area contributed by atoms with E-state index in [0.29, 0.717) is 30.5 Å². The highest BCUT2D eigenvalue weighted by atomic mass is 16.5. The van der Waals surface area contributed by atoms with Gasteiger partial charge in [0.15, 0.2) is 0 Å². The number of fused-ring (bicyclic) bond motifs is 1. The number of aryl methyl sites for hydroxylation is 1. The van der Waals surface area contributed by atoms with E-state index in [1.165, 1.54) is 45.6 Å². The minimum atomic E-state index is -0.345. The number of hydrogen-bond acceptors (Lipinski definition) is 4. The quantitative estimate of drug-likeness (QED) is 0.442. The van der Waals surface area contributed by atoms with Gasteiger partial charge in [-0.3, -0.25) is 4.79 Å². The molecule has 6 nitrogen and oxygen atoms in total. The van der Waals surface area contributed by atoms with Crippen molar-refractivity contribution in [1.29, 1.82) is 0 Å². The van der Waals surface area contributed by atoms with Crippen LogP contribution in [0.2, 0.25) is 0 Å². The van der Waals surface area contributed by atoms with E-state index in [4.69, 9.17) is 9.72 Å². The summed E-state index contributed by atoms with van der Waals surface area (Å²) in [6.45, 7) is 5.81. The van der Waals surface area contributed by atoms with E-state index in [0.717, 1.165) is 55.0 Å². The summed E-state index contributed by atoms with van der Waals surface area (Å²) in [6, 6.07) is 6.02. The van der Waals surface area contributed by atoms with Crippen LogP contribution >= 0.6 is 0 Å². The normalized spacial score (nSPS) is 21.5. The Morgan fingerprint density at radius 3 is 2.44 bits per heavy atom. The summed E-state index contributed by atoms with van der Waals surface area (Å²) >= 11 is 0. The number of nitrogens with zero attached hydrogens (tertiary/aromatic N) is 3. The molecule has 2 aliphatic carbocycles. The topological polar surface area (TPSA) is 64.4 Å². The van der Waals surface area contributed by atoms with Gasteiger partial charge in [0.2, 0.25) is 5.91 Å². The molecule has 34 heavy (non-hydrogen) atoms. The van der Waals surface area contributed by atoms with Gasteiger partial charge in [0.1, 0.15) is 5.82 Å². The summed E-state index contributed by atoms with van der Waals surface area (Å²) in [5.41, 5.74) is 2.35. The number of carbonyl (C=O) groups excluding carboxylic acids is 2. The van der Waals surface area contributed by atoms with Gasteiger partial charge >= 0.3 is 5.97 Å². The molecule has 0 saturated heterocycles. The van der Waals surface area contributed by atoms with Crippen LogP contribution in [0, 0.1) is 5.92 Å². The number of amides is 1. The van der Waals surface area contributed by atoms with E-state index in [-0.39, 0.29) is 11.9 Å². The first-order valence-corrected chi connectivity index (χ1v) is 13.4. The number of benzene rings is 1. The molecule has 2 fully saturated rings. The summed E-state index contributed by atoms with van der Waals surface area (Å²) in [6.07, 6.45) is 12.5. The van der Waals surface area contributed by atoms with Gasteiger partial charge in [-0.25, -0.2) is 9.78 Å². The minimum Gasteiger partial charge on any atom is -0.465 e. The number of ether oxygens (including phenoxy) is 1. The molecule has 2 saturated carbocycles. The lowest BCUT2D eigenvalue weighted by atomic mass is 9.80. The lowest BCUT2D eigenvalue weighted by Crippen LogP contribution is -2.41. The number of carbonyl (C=O) groups is 2. The van der Waals surface area contributed by atoms with E-state index in [1.54, 1.807) is 0 Å². The van der Waals surface area contributed by atoms with Gasteiger partial charge in [-0.1, -0.05) is 32.6 Å². The summed E-state index contributed by atoms with van der Waals surface area (Å²) in [7, 11) is 1.40. The molecule has 0 spiro atoms. The van der Waals surface area contributed by atoms with Crippen LogP contribution in [0.3, 0.4) is 0 Å². The molecule has 1 heterocycles. The Labute approximate surface area is 204 Å². The minimum absolute atomic E-state index is 0.253. The maximum absolute atomic E-state index is 13.3. The van der Waals surface area contributed by atoms with Crippen LogP contribution in [-0.2, 0) is 16.1 Å². The third-order valence-electron chi connectivity index (χ3n) is 8.21. The number of hydrogen-bond donors (Lipinski definition) is 0. The fourth-order valence-corrected chi connectivity index (χ4v) is 6.15. The summed E-state index contributed by atoms with van der Waals surface area (Å²) in [5.74, 6) is 2.22. The maximum atomic E-state index is 13.3. The average molecular weight is 468 g/mol. The predicted molar refractivity (Wildman–Crippen MR) is 135 cm³/mol. The molecular weight excluding hydrogens is 426 g/mol. The summed E-state index contributed by atoms with van der Waals surface area (Å²) < 4.78 is 7.18. The van der Waals surface area contributed by atoms with Crippen molar-refractivity contribution in [2.24, 2.45) is 5.92 Å². The Morgan fingerprint density at radius 1 is 1.06 bits per heavy atom. The zero-order valence-electron chi connectivity index (χ0n) is 21.2. The Balaban J connectivity index is 1.58. The molecular formula is C28H41N3O3. The molecule has 1 amide bonds. The molecule has 2 aliphatic rings. The van der Waals surface area contributed by atoms with Crippen molar-refractivity contribution in [1.82, 2.24) is 14.5 Å². The number of methoxy groups -OCH3 is 1. The van der Waals surface area contributed by atoms with E-state index in [2.05, 4.69) is 23.3 Å². The van der Waals surface area contributed by atoms with Crippen LogP contribution in [0.4, 0.5) is 0 Å². The lowest BCUT2D eigenvalue weighted by Gasteiger charge is -2.34. The van der Waals surface area contributed by atoms with Gasteiger partial charge in [-0.2, -0.15) is 0 Å². The third-order valence-corrected chi connectivity index (χ3v) is 8.21. The van der Waals surface area contributed by atoms with Gasteiger partial charge in [0.05, 0.1) is 23.7 Å². The number of rotatable bonds is 8. The first-order valence-electron chi connectivity index (χ1n) is 13.4. The Bertz CT molecular complexity index is 984. The second kappa shape index (κ2) is 11.4. The molecule has 0 N–H and O–H groups in total. The van der Waals surface area contributed by atoms with Crippen LogP contribution in [0.15, 0.2) is 18.2 Å². The van der Waals surface area contributed by atoms with E-state index < -0.39 is 0 Å². The van der Waals surface area contributed by atoms with Gasteiger partial charge in [-0.05, 0) is 69.6 Å². The van der Waals surface area contributed by atoms with Crippen molar-refractivity contribution < 1.29 is 14.3 Å². The number of esters is 1. The van der Waals surface area contributed by atoms with Gasteiger partial charge in [0, 0.05) is 31.5 Å². The summed E-state index contributed by atoms with van der Waals surface area (Å²) in [5, 5.41) is 0. The molecule has 0 unspecified atom stereocenters. The van der Waals surface area contributed by atoms with Gasteiger partial charge in [-0.15, -0.1) is 0 Å². The standard InChI is InChI=1S/C28H41N3O3/c1-4-20-11-13-21(14-12-20)27-29-24-19-22(28(33)34-3)15-16-25(24)31(27)18-17-26(32)30(5-2)23-9-7-6-8-10-23/h15-16,19-21,23H,4-14,17-18H2,1-3H3/t20-,21-. The molecule has 0 radical (unpaired) electrons. The second-order valence-electron chi connectivity index (χ2n) is 10.2. The van der Waals surface area contributed by atoms with Crippen LogP contribution in [-0.4, -0.2) is 46.0 Å². The first kappa shape index (κ1) is 24.7. The van der Waals surface area contributed by atoms with E-state index in [1.807, 2.05) is 18.2 Å². The van der Waals surface area contributed by atoms with Gasteiger partial charge in [0.25, 0.3) is 0 Å². The fourth-order valence-electron chi connectivity index (χ4n) is 6.15. The lowest BCUT2D eigenvalue weighted by molar-refractivity contribution is -0.134. The fraction of sp³-hybridized carbons (Fsp3) is 0.679. The molecule has 0 bridgehead atoms. The maximum Gasteiger partial charge on any atom is 0.337 e. The zero-order valence-corrected chi connectivity index (χ0v) is 21.2. The number of imidazole rings is 1. The molecule has 1 aromatic carbocycles. The number of aromatic nitrogens is 2. The van der Waals surface area contributed by atoms with Crippen LogP contribution in [0.1, 0.15) is 107 Å². The highest BCUT2D eigenvalue weighted by molar-refractivity contribution is 5.93. The summed E-state index contributed by atoms with van der Waals surface area (Å²) in [4.78, 5) is 32.5. The molecule has 1 aromatic heterocycles. The zero-order chi connectivity index (χ0) is 24.1. The Morgan fingerprint density at radius 2 is 1.79 bits per heavy atom. The molecule has 6 heteroatoms. The van der Waals surface area contributed by atoms with Crippen LogP contribution < -0.4 is 0 Å². The Hall–Kier alpha value is -2.37. The van der Waals surface area contributed by atoms with Crippen molar-refractivity contribution in [3.8, 4) is 0 Å². The highest BCUT2D eigenvalue weighted by Gasteiger charge is 2.28. The first-order chi connectivity index (χ1) is 16.5. The SMILES string of the molecule is CCN(C(=O)CCn1c2ccc(C(=O)OC)cc2nc1[C@H]1CC[C@H](CC)CC1)C1CCCCC1. The monoisotopic (exact) mass is 467 g/mol. The smallest absolute Gasteiger partial charge is 0.337 e. The second-order valence-corrected chi connectivity index (χ2v) is 10.2. The largest absolute Gasteiger partial charge is 0.465 e. The molecule has 2 aromatic rings. The third kappa shape index (κ3) is 5.31. The van der Waals surface area contributed by atoms with Crippen molar-refractivity contribution in [3.63, 3.8) is 0 Å². The predicted octanol–water partition coefficient (Wildman–Crippen LogP) is 6.08. The van der Waals surface area contributed by atoms with Crippen molar-refractivity contribution >= 4 is 22.9 Å². The average Bonchev–Trinajstić information content (AvgIpc) is 3.25. The molecule has 4 rings (SSSR count). The highest BCUT2D eigenvalue weighted by Crippen LogP contribution is 2.38. The van der Waals surface area contributed by atoms with Crippen molar-refractivity contribution in [2.75, 3.05) is 13.7 Å². The van der Waals surface area contributed by atoms with Crippen LogP contribution in [0.5, 0.6) is 0 Å². The van der Waals surface area contributed by atoms with E-state index >= 15 is 0 Å². The molecule has 0 aliphatic heterocycles. The van der Waals surface area contributed by atoms with Crippen molar-refractivity contribution in [3.05, 3.63) is 29.6 Å².